The standard InChI is InChI=1S/C17H14FN7OS/c18-11-2-1-10(13-9(11)3-4-27-13)16(26)24-5-8(6-24)25-7-21-12-14(19)22-17(20)23-15(12)25/h1-4,7-8H,5-6H2,(H4,19,20,22,23). The van der Waals surface area contributed by atoms with E-state index < -0.39 is 0 Å². The van der Waals surface area contributed by atoms with Crippen molar-refractivity contribution in [2.45, 2.75) is 6.04 Å². The molecule has 0 radical (unpaired) electrons. The summed E-state index contributed by atoms with van der Waals surface area (Å²) in [7, 11) is 0. The van der Waals surface area contributed by atoms with Gasteiger partial charge in [-0.05, 0) is 23.6 Å². The second kappa shape index (κ2) is 5.61. The summed E-state index contributed by atoms with van der Waals surface area (Å²) >= 11 is 1.36. The van der Waals surface area contributed by atoms with Crippen LogP contribution in [0.5, 0.6) is 0 Å². The Morgan fingerprint density at radius 2 is 2.04 bits per heavy atom. The Kier molecular flexibility index (Phi) is 3.31. The van der Waals surface area contributed by atoms with Crippen molar-refractivity contribution in [1.82, 2.24) is 24.4 Å². The number of anilines is 2. The van der Waals surface area contributed by atoms with Gasteiger partial charge in [0.15, 0.2) is 11.5 Å². The lowest BCUT2D eigenvalue weighted by molar-refractivity contribution is 0.0527. The van der Waals surface area contributed by atoms with Crippen LogP contribution in [0.25, 0.3) is 21.3 Å². The highest BCUT2D eigenvalue weighted by Crippen LogP contribution is 2.32. The largest absolute Gasteiger partial charge is 0.382 e. The molecular formula is C17H14FN7OS. The van der Waals surface area contributed by atoms with Gasteiger partial charge in [0, 0.05) is 23.2 Å². The minimum Gasteiger partial charge on any atom is -0.382 e. The number of nitrogens with two attached hydrogens (primary N) is 2. The number of likely N-dealkylation sites (tertiary alicyclic amines) is 1. The van der Waals surface area contributed by atoms with E-state index in [0.717, 1.165) is 0 Å². The molecule has 0 unspecified atom stereocenters. The van der Waals surface area contributed by atoms with E-state index in [1.807, 2.05) is 4.57 Å². The number of hydrogen-bond acceptors (Lipinski definition) is 7. The van der Waals surface area contributed by atoms with Crippen molar-refractivity contribution in [3.05, 3.63) is 41.3 Å². The van der Waals surface area contributed by atoms with Crippen molar-refractivity contribution in [2.24, 2.45) is 0 Å². The van der Waals surface area contributed by atoms with Gasteiger partial charge < -0.3 is 20.9 Å². The van der Waals surface area contributed by atoms with Gasteiger partial charge >= 0.3 is 0 Å². The number of rotatable bonds is 2. The second-order valence-electron chi connectivity index (χ2n) is 6.41. The normalized spacial score (nSPS) is 14.8. The quantitative estimate of drug-likeness (QED) is 0.547. The first kappa shape index (κ1) is 15.9. The molecular weight excluding hydrogens is 369 g/mol. The number of benzene rings is 1. The molecule has 4 heterocycles. The maximum atomic E-state index is 13.9. The molecule has 27 heavy (non-hydrogen) atoms. The van der Waals surface area contributed by atoms with Crippen LogP contribution in [-0.4, -0.2) is 43.4 Å². The predicted molar refractivity (Wildman–Crippen MR) is 101 cm³/mol. The van der Waals surface area contributed by atoms with Crippen molar-refractivity contribution >= 4 is 50.3 Å². The number of nitrogen functional groups attached to an aromatic ring is 2. The Labute approximate surface area is 156 Å². The Morgan fingerprint density at radius 1 is 1.22 bits per heavy atom. The highest BCUT2D eigenvalue weighted by molar-refractivity contribution is 7.17. The number of thiophene rings is 1. The Bertz CT molecular complexity index is 1210. The molecule has 0 bridgehead atoms. The van der Waals surface area contributed by atoms with E-state index in [1.165, 1.54) is 17.4 Å². The van der Waals surface area contributed by atoms with Crippen LogP contribution in [0.3, 0.4) is 0 Å². The first-order valence-electron chi connectivity index (χ1n) is 8.23. The van der Waals surface area contributed by atoms with Crippen molar-refractivity contribution in [2.75, 3.05) is 24.6 Å². The van der Waals surface area contributed by atoms with Crippen LogP contribution in [0.2, 0.25) is 0 Å². The molecule has 1 saturated heterocycles. The number of carbonyl (C=O) groups excluding carboxylic acids is 1. The third-order valence-corrected chi connectivity index (χ3v) is 5.75. The van der Waals surface area contributed by atoms with E-state index in [4.69, 9.17) is 11.5 Å². The van der Waals surface area contributed by atoms with E-state index in [-0.39, 0.29) is 29.5 Å². The highest BCUT2D eigenvalue weighted by Gasteiger charge is 2.34. The summed E-state index contributed by atoms with van der Waals surface area (Å²) in [5.41, 5.74) is 13.1. The fraction of sp³-hybridized carbons (Fsp3) is 0.176. The van der Waals surface area contributed by atoms with E-state index in [1.54, 1.807) is 28.7 Å². The molecule has 136 valence electrons. The van der Waals surface area contributed by atoms with Crippen LogP contribution in [-0.2, 0) is 0 Å². The first-order chi connectivity index (χ1) is 13.0. The van der Waals surface area contributed by atoms with Crippen LogP contribution in [0.15, 0.2) is 29.9 Å². The summed E-state index contributed by atoms with van der Waals surface area (Å²) in [6, 6.07) is 4.60. The molecule has 1 amide bonds. The van der Waals surface area contributed by atoms with Crippen LogP contribution < -0.4 is 11.5 Å². The van der Waals surface area contributed by atoms with Crippen molar-refractivity contribution in [1.29, 1.82) is 0 Å². The zero-order valence-electron chi connectivity index (χ0n) is 14.0. The molecule has 1 aromatic carbocycles. The molecule has 1 aliphatic heterocycles. The fourth-order valence-corrected chi connectivity index (χ4v) is 4.30. The van der Waals surface area contributed by atoms with Crippen LogP contribution in [0.4, 0.5) is 16.2 Å². The Morgan fingerprint density at radius 3 is 2.85 bits per heavy atom. The van der Waals surface area contributed by atoms with Gasteiger partial charge in [0.05, 0.1) is 17.9 Å². The highest BCUT2D eigenvalue weighted by atomic mass is 32.1. The van der Waals surface area contributed by atoms with Gasteiger partial charge in [-0.1, -0.05) is 0 Å². The molecule has 3 aromatic heterocycles. The van der Waals surface area contributed by atoms with Gasteiger partial charge in [-0.25, -0.2) is 9.37 Å². The molecule has 4 N–H and O–H groups in total. The number of aromatic nitrogens is 4. The molecule has 0 saturated carbocycles. The molecule has 10 heteroatoms. The summed E-state index contributed by atoms with van der Waals surface area (Å²) in [5.74, 6) is -0.115. The van der Waals surface area contributed by atoms with Crippen LogP contribution in [0, 0.1) is 5.82 Å². The summed E-state index contributed by atoms with van der Waals surface area (Å²) < 4.78 is 16.4. The van der Waals surface area contributed by atoms with Gasteiger partial charge in [0.1, 0.15) is 11.3 Å². The van der Waals surface area contributed by atoms with Gasteiger partial charge in [-0.15, -0.1) is 11.3 Å². The average Bonchev–Trinajstić information content (AvgIpc) is 3.22. The Balaban J connectivity index is 1.41. The van der Waals surface area contributed by atoms with E-state index in [9.17, 15) is 9.18 Å². The minimum absolute atomic E-state index is 0.0203. The monoisotopic (exact) mass is 383 g/mol. The molecule has 0 spiro atoms. The third kappa shape index (κ3) is 2.33. The van der Waals surface area contributed by atoms with Gasteiger partial charge in [-0.2, -0.15) is 9.97 Å². The maximum absolute atomic E-state index is 13.9. The summed E-state index contributed by atoms with van der Waals surface area (Å²) in [6.45, 7) is 0.997. The van der Waals surface area contributed by atoms with Gasteiger partial charge in [-0.3, -0.25) is 4.79 Å². The number of imidazole rings is 1. The SMILES string of the molecule is Nc1nc(N)c2ncn(C3CN(C(=O)c4ccc(F)c5ccsc45)C3)c2n1. The number of hydrogen-bond donors (Lipinski definition) is 2. The number of halogens is 1. The maximum Gasteiger partial charge on any atom is 0.255 e. The lowest BCUT2D eigenvalue weighted by Gasteiger charge is -2.40. The number of nitrogens with zero attached hydrogens (tertiary/aromatic N) is 5. The van der Waals surface area contributed by atoms with Crippen LogP contribution in [0.1, 0.15) is 16.4 Å². The van der Waals surface area contributed by atoms with E-state index in [0.29, 0.717) is 39.9 Å². The Hall–Kier alpha value is -3.27. The molecule has 4 aromatic rings. The molecule has 5 rings (SSSR count). The zero-order chi connectivity index (χ0) is 18.7. The summed E-state index contributed by atoms with van der Waals surface area (Å²) in [5, 5.41) is 2.27. The second-order valence-corrected chi connectivity index (χ2v) is 7.33. The lowest BCUT2D eigenvalue weighted by Crippen LogP contribution is -2.50. The smallest absolute Gasteiger partial charge is 0.255 e. The minimum atomic E-state index is -0.316. The van der Waals surface area contributed by atoms with Crippen molar-refractivity contribution in [3.8, 4) is 0 Å². The van der Waals surface area contributed by atoms with Crippen molar-refractivity contribution < 1.29 is 9.18 Å². The third-order valence-electron chi connectivity index (χ3n) is 4.80. The average molecular weight is 383 g/mol. The van der Waals surface area contributed by atoms with E-state index in [2.05, 4.69) is 15.0 Å². The predicted octanol–water partition coefficient (Wildman–Crippen LogP) is 2.04. The van der Waals surface area contributed by atoms with E-state index >= 15 is 0 Å². The lowest BCUT2D eigenvalue weighted by atomic mass is 10.1. The molecule has 1 fully saturated rings. The number of amides is 1. The zero-order valence-corrected chi connectivity index (χ0v) is 14.8. The molecule has 0 aliphatic carbocycles. The molecule has 0 atom stereocenters. The van der Waals surface area contributed by atoms with Gasteiger partial charge in [0.2, 0.25) is 5.95 Å². The fourth-order valence-electron chi connectivity index (χ4n) is 3.39. The van der Waals surface area contributed by atoms with Crippen LogP contribution >= 0.6 is 11.3 Å². The summed E-state index contributed by atoms with van der Waals surface area (Å²) in [4.78, 5) is 26.9. The first-order valence-corrected chi connectivity index (χ1v) is 9.11. The number of carbonyl (C=O) groups is 1. The molecule has 8 nitrogen and oxygen atoms in total. The topological polar surface area (TPSA) is 116 Å². The van der Waals surface area contributed by atoms with Gasteiger partial charge in [0.25, 0.3) is 5.91 Å². The summed E-state index contributed by atoms with van der Waals surface area (Å²) in [6.07, 6.45) is 1.64. The number of fused-ring (bicyclic) bond motifs is 2. The molecule has 1 aliphatic rings. The van der Waals surface area contributed by atoms with Crippen molar-refractivity contribution in [3.63, 3.8) is 0 Å².